The van der Waals surface area contributed by atoms with Gasteiger partial charge in [0.1, 0.15) is 23.1 Å². The Balaban J connectivity index is 1.83. The fraction of sp³-hybridized carbons (Fsp3) is 0.273. The Morgan fingerprint density at radius 2 is 2.09 bits per heavy atom. The van der Waals surface area contributed by atoms with Crippen LogP contribution in [0.2, 0.25) is 0 Å². The summed E-state index contributed by atoms with van der Waals surface area (Å²) in [6, 6.07) is 8.18. The fourth-order valence-electron chi connectivity index (χ4n) is 2.88. The monoisotopic (exact) mass is 556 g/mol. The Kier molecular flexibility index (Phi) is 8.71. The zero-order chi connectivity index (χ0) is 24.7. The minimum atomic E-state index is -4.49. The maximum Gasteiger partial charge on any atom is 0.447 e. The van der Waals surface area contributed by atoms with Crippen LogP contribution < -0.4 is 15.4 Å². The molecule has 2 aromatic heterocycles. The van der Waals surface area contributed by atoms with E-state index in [1.54, 1.807) is 37.4 Å². The van der Waals surface area contributed by atoms with Crippen LogP contribution >= 0.6 is 27.7 Å². The number of thioether (sulfide) groups is 1. The van der Waals surface area contributed by atoms with Gasteiger partial charge in [-0.25, -0.2) is 4.98 Å². The number of halogens is 4. The van der Waals surface area contributed by atoms with Crippen LogP contribution in [0.15, 0.2) is 46.0 Å². The second-order valence-corrected chi connectivity index (χ2v) is 8.56. The van der Waals surface area contributed by atoms with Crippen LogP contribution in [0.5, 0.6) is 5.75 Å². The van der Waals surface area contributed by atoms with E-state index in [9.17, 15) is 18.0 Å². The lowest BCUT2D eigenvalue weighted by Crippen LogP contribution is -2.18. The largest absolute Gasteiger partial charge is 0.489 e. The van der Waals surface area contributed by atoms with Crippen LogP contribution in [-0.2, 0) is 4.74 Å². The van der Waals surface area contributed by atoms with E-state index in [0.29, 0.717) is 33.7 Å². The van der Waals surface area contributed by atoms with Crippen molar-refractivity contribution in [2.45, 2.75) is 10.5 Å². The van der Waals surface area contributed by atoms with Gasteiger partial charge in [-0.05, 0) is 52.2 Å². The number of fused-ring (bicyclic) bond motifs is 1. The first-order valence-electron chi connectivity index (χ1n) is 9.86. The predicted molar refractivity (Wildman–Crippen MR) is 127 cm³/mol. The van der Waals surface area contributed by atoms with E-state index in [4.69, 9.17) is 9.47 Å². The minimum absolute atomic E-state index is 0.0163. The van der Waals surface area contributed by atoms with Gasteiger partial charge < -0.3 is 20.1 Å². The highest BCUT2D eigenvalue weighted by Gasteiger charge is 2.33. The number of anilines is 1. The summed E-state index contributed by atoms with van der Waals surface area (Å²) >= 11 is 3.04. The minimum Gasteiger partial charge on any atom is -0.489 e. The number of pyridine rings is 1. The van der Waals surface area contributed by atoms with Gasteiger partial charge in [0.2, 0.25) is 0 Å². The van der Waals surface area contributed by atoms with Gasteiger partial charge in [0.05, 0.1) is 23.3 Å². The third-order valence-corrected chi connectivity index (χ3v) is 5.79. The van der Waals surface area contributed by atoms with E-state index in [2.05, 4.69) is 43.4 Å². The molecule has 0 unspecified atom stereocenters. The molecule has 0 bridgehead atoms. The molecule has 3 rings (SSSR count). The first-order chi connectivity index (χ1) is 16.2. The number of carbonyl (C=O) groups is 1. The highest BCUT2D eigenvalue weighted by molar-refractivity contribution is 9.10. The highest BCUT2D eigenvalue weighted by Crippen LogP contribution is 2.39. The van der Waals surface area contributed by atoms with Gasteiger partial charge in [-0.1, -0.05) is 5.92 Å². The number of carbonyl (C=O) groups excluding carboxylic acids is 1. The topological polar surface area (TPSA) is 76.9 Å². The Bertz CT molecular complexity index is 1240. The molecule has 12 heteroatoms. The quantitative estimate of drug-likeness (QED) is 0.241. The number of alkyl halides is 3. The third kappa shape index (κ3) is 6.59. The molecule has 0 radical (unpaired) electrons. The Hall–Kier alpha value is -2.88. The lowest BCUT2D eigenvalue weighted by Gasteiger charge is -2.13. The van der Waals surface area contributed by atoms with Gasteiger partial charge in [-0.15, -0.1) is 0 Å². The Morgan fingerprint density at radius 1 is 1.29 bits per heavy atom. The van der Waals surface area contributed by atoms with Crippen molar-refractivity contribution in [1.29, 1.82) is 0 Å². The number of ether oxygens (including phenoxy) is 2. The lowest BCUT2D eigenvalue weighted by molar-refractivity contribution is -0.0330. The van der Waals surface area contributed by atoms with Gasteiger partial charge in [0, 0.05) is 37.7 Å². The first-order valence-corrected chi connectivity index (χ1v) is 11.5. The molecule has 2 heterocycles. The van der Waals surface area contributed by atoms with Crippen LogP contribution in [0.3, 0.4) is 0 Å². The number of aromatic nitrogens is 2. The SMILES string of the molecule is CNC(=O)c1ccc(NCC#Cc2nc3c(Br)cccn3c2SC(F)(F)F)c(OCCOC)c1. The summed E-state index contributed by atoms with van der Waals surface area (Å²) in [5.74, 6) is 5.68. The van der Waals surface area contributed by atoms with Crippen molar-refractivity contribution in [1.82, 2.24) is 14.7 Å². The summed E-state index contributed by atoms with van der Waals surface area (Å²) in [4.78, 5) is 16.2. The fourth-order valence-corrected chi connectivity index (χ4v) is 3.97. The van der Waals surface area contributed by atoms with E-state index in [-0.39, 0.29) is 41.5 Å². The molecule has 1 amide bonds. The normalized spacial score (nSPS) is 11.1. The van der Waals surface area contributed by atoms with Gasteiger partial charge in [0.25, 0.3) is 5.91 Å². The van der Waals surface area contributed by atoms with E-state index in [1.807, 2.05) is 0 Å². The molecule has 0 saturated carbocycles. The van der Waals surface area contributed by atoms with Crippen LogP contribution in [0.25, 0.3) is 5.65 Å². The van der Waals surface area contributed by atoms with E-state index in [1.165, 1.54) is 17.6 Å². The second kappa shape index (κ2) is 11.5. The number of hydrogen-bond donors (Lipinski definition) is 2. The average Bonchev–Trinajstić information content (AvgIpc) is 3.14. The smallest absolute Gasteiger partial charge is 0.447 e. The van der Waals surface area contributed by atoms with Crippen molar-refractivity contribution in [2.24, 2.45) is 0 Å². The number of amides is 1. The molecule has 0 fully saturated rings. The summed E-state index contributed by atoms with van der Waals surface area (Å²) in [6.45, 7) is 0.722. The predicted octanol–water partition coefficient (Wildman–Crippen LogP) is 4.56. The van der Waals surface area contributed by atoms with Crippen molar-refractivity contribution in [3.05, 3.63) is 52.3 Å². The Labute approximate surface area is 206 Å². The molecule has 3 aromatic rings. The molecule has 0 atom stereocenters. The van der Waals surface area contributed by atoms with Gasteiger partial charge in [-0.3, -0.25) is 9.20 Å². The summed E-state index contributed by atoms with van der Waals surface area (Å²) in [7, 11) is 3.07. The zero-order valence-electron chi connectivity index (χ0n) is 18.1. The lowest BCUT2D eigenvalue weighted by atomic mass is 10.1. The molecule has 1 aromatic carbocycles. The first kappa shape index (κ1) is 25.7. The number of imidazole rings is 1. The van der Waals surface area contributed by atoms with Crippen LogP contribution in [-0.4, -0.2) is 54.7 Å². The zero-order valence-corrected chi connectivity index (χ0v) is 20.5. The maximum atomic E-state index is 13.1. The highest BCUT2D eigenvalue weighted by atomic mass is 79.9. The molecule has 0 spiro atoms. The number of hydrogen-bond acceptors (Lipinski definition) is 6. The molecule has 0 aliphatic carbocycles. The van der Waals surface area contributed by atoms with Crippen LogP contribution in [0, 0.1) is 11.8 Å². The number of benzene rings is 1. The van der Waals surface area contributed by atoms with Crippen molar-refractivity contribution in [2.75, 3.05) is 39.2 Å². The van der Waals surface area contributed by atoms with Crippen molar-refractivity contribution >= 4 is 44.9 Å². The van der Waals surface area contributed by atoms with Crippen LogP contribution in [0.1, 0.15) is 16.1 Å². The van der Waals surface area contributed by atoms with Crippen molar-refractivity contribution in [3.63, 3.8) is 0 Å². The second-order valence-electron chi connectivity index (χ2n) is 6.65. The van der Waals surface area contributed by atoms with E-state index >= 15 is 0 Å². The van der Waals surface area contributed by atoms with Crippen molar-refractivity contribution in [3.8, 4) is 17.6 Å². The molecule has 0 saturated heterocycles. The molecule has 2 N–H and O–H groups in total. The molecular weight excluding hydrogens is 537 g/mol. The standard InChI is InChI=1S/C22H20BrF3N4O3S/c1-27-20(31)14-7-8-16(18(13-14)33-12-11-32-2)28-9-3-6-17-21(34-22(24,25)26)30-10-4-5-15(23)19(30)29-17/h4-5,7-8,10,13,28H,9,11-12H2,1-2H3,(H,27,31). The van der Waals surface area contributed by atoms with Gasteiger partial charge in [-0.2, -0.15) is 13.2 Å². The summed E-state index contributed by atoms with van der Waals surface area (Å²) in [5.41, 5.74) is -3.16. The van der Waals surface area contributed by atoms with E-state index in [0.717, 1.165) is 0 Å². The third-order valence-electron chi connectivity index (χ3n) is 4.36. The number of methoxy groups -OCH3 is 1. The van der Waals surface area contributed by atoms with Gasteiger partial charge in [0.15, 0.2) is 5.65 Å². The molecule has 0 aliphatic heterocycles. The molecule has 0 aliphatic rings. The molecule has 34 heavy (non-hydrogen) atoms. The average molecular weight is 557 g/mol. The number of rotatable bonds is 8. The summed E-state index contributed by atoms with van der Waals surface area (Å²) < 4.78 is 51.9. The number of nitrogens with zero attached hydrogens (tertiary/aromatic N) is 2. The summed E-state index contributed by atoms with van der Waals surface area (Å²) in [5, 5.41) is 5.49. The van der Waals surface area contributed by atoms with E-state index < -0.39 is 5.51 Å². The Morgan fingerprint density at radius 3 is 2.79 bits per heavy atom. The number of nitrogens with one attached hydrogen (secondary N) is 2. The van der Waals surface area contributed by atoms with Gasteiger partial charge >= 0.3 is 5.51 Å². The molecule has 180 valence electrons. The van der Waals surface area contributed by atoms with Crippen molar-refractivity contribution < 1.29 is 27.4 Å². The van der Waals surface area contributed by atoms with Crippen LogP contribution in [0.4, 0.5) is 18.9 Å². The molecular formula is C22H20BrF3N4O3S. The summed E-state index contributed by atoms with van der Waals surface area (Å²) in [6.07, 6.45) is 1.50. The maximum absolute atomic E-state index is 13.1. The molecule has 7 nitrogen and oxygen atoms in total.